The Kier molecular flexibility index (Phi) is 4.86. The second-order valence-electron chi connectivity index (χ2n) is 10.2. The molecule has 0 radical (unpaired) electrons. The van der Waals surface area contributed by atoms with Crippen molar-refractivity contribution in [3.05, 3.63) is 82.8 Å². The van der Waals surface area contributed by atoms with Gasteiger partial charge in [0.25, 0.3) is 0 Å². The van der Waals surface area contributed by atoms with Crippen molar-refractivity contribution in [2.24, 2.45) is 5.92 Å². The molecule has 5 aromatic rings. The topological polar surface area (TPSA) is 17.3 Å². The summed E-state index contributed by atoms with van der Waals surface area (Å²) in [7, 11) is 0. The van der Waals surface area contributed by atoms with E-state index in [1.807, 2.05) is 6.07 Å². The molecule has 3 heteroatoms. The van der Waals surface area contributed by atoms with Crippen LogP contribution in [0.25, 0.3) is 38.6 Å². The molecule has 0 aliphatic heterocycles. The Bertz CT molecular complexity index is 1530. The Hall–Kier alpha value is -3.20. The third kappa shape index (κ3) is 3.09. The van der Waals surface area contributed by atoms with E-state index in [1.165, 1.54) is 22.3 Å². The molecule has 33 heavy (non-hydrogen) atoms. The van der Waals surface area contributed by atoms with Crippen LogP contribution in [-0.4, -0.2) is 9.38 Å². The lowest BCUT2D eigenvalue weighted by atomic mass is 9.73. The molecule has 0 atom stereocenters. The van der Waals surface area contributed by atoms with Crippen molar-refractivity contribution in [1.29, 1.82) is 0 Å². The first-order valence-corrected chi connectivity index (χ1v) is 11.7. The summed E-state index contributed by atoms with van der Waals surface area (Å²) >= 11 is 0. The zero-order chi connectivity index (χ0) is 23.7. The van der Waals surface area contributed by atoms with Crippen LogP contribution < -0.4 is 0 Å². The van der Waals surface area contributed by atoms with Gasteiger partial charge in [-0.05, 0) is 72.4 Å². The number of aryl methyl sites for hydroxylation is 3. The number of aromatic nitrogens is 2. The van der Waals surface area contributed by atoms with E-state index in [1.54, 1.807) is 12.1 Å². The fraction of sp³-hybridized carbons (Fsp3) is 0.300. The van der Waals surface area contributed by atoms with Crippen molar-refractivity contribution in [1.82, 2.24) is 9.38 Å². The molecule has 0 amide bonds. The second kappa shape index (κ2) is 7.41. The summed E-state index contributed by atoms with van der Waals surface area (Å²) in [4.78, 5) is 5.15. The number of pyridine rings is 1. The molecule has 0 aliphatic carbocycles. The van der Waals surface area contributed by atoms with Crippen molar-refractivity contribution in [3.63, 3.8) is 0 Å². The molecule has 0 N–H and O–H groups in total. The summed E-state index contributed by atoms with van der Waals surface area (Å²) in [6.07, 6.45) is 0. The molecule has 168 valence electrons. The van der Waals surface area contributed by atoms with Crippen LogP contribution in [0.15, 0.2) is 54.6 Å². The van der Waals surface area contributed by atoms with Crippen LogP contribution in [0.4, 0.5) is 4.39 Å². The standard InChI is InChI=1S/C30H31FN2/c1-17(2)30(6,7)24-13-9-12-23-22-15-14-21(31)16-25(22)33-28(20(5)32-29(33)27(23)24)26-18(3)10-8-11-19(26)4/h8-17H,1-7H3. The van der Waals surface area contributed by atoms with E-state index < -0.39 is 0 Å². The third-order valence-electron chi connectivity index (χ3n) is 7.69. The molecule has 0 saturated carbocycles. The first kappa shape index (κ1) is 21.6. The van der Waals surface area contributed by atoms with Gasteiger partial charge in [-0.25, -0.2) is 9.37 Å². The van der Waals surface area contributed by atoms with Crippen molar-refractivity contribution < 1.29 is 4.39 Å². The van der Waals surface area contributed by atoms with Gasteiger partial charge >= 0.3 is 0 Å². The molecule has 2 nitrogen and oxygen atoms in total. The number of hydrogen-bond acceptors (Lipinski definition) is 1. The average molecular weight is 439 g/mol. The number of benzene rings is 3. The maximum atomic E-state index is 14.6. The highest BCUT2D eigenvalue weighted by Crippen LogP contribution is 2.42. The normalized spacial score (nSPS) is 12.5. The number of halogens is 1. The predicted molar refractivity (Wildman–Crippen MR) is 138 cm³/mol. The van der Waals surface area contributed by atoms with Gasteiger partial charge in [0, 0.05) is 16.3 Å². The van der Waals surface area contributed by atoms with Crippen molar-refractivity contribution in [3.8, 4) is 11.3 Å². The molecule has 0 aliphatic rings. The first-order chi connectivity index (χ1) is 15.6. The van der Waals surface area contributed by atoms with E-state index in [9.17, 15) is 4.39 Å². The van der Waals surface area contributed by atoms with Crippen LogP contribution in [0.1, 0.15) is 50.1 Å². The number of hydrogen-bond donors (Lipinski definition) is 0. The Balaban J connectivity index is 2.10. The molecular weight excluding hydrogens is 407 g/mol. The van der Waals surface area contributed by atoms with Gasteiger partial charge in [0.1, 0.15) is 11.5 Å². The van der Waals surface area contributed by atoms with Crippen LogP contribution in [0.3, 0.4) is 0 Å². The zero-order valence-electron chi connectivity index (χ0n) is 20.5. The Morgan fingerprint density at radius 2 is 1.55 bits per heavy atom. The SMILES string of the molecule is Cc1cccc(C)c1-c1c(C)nc2c3c(C(C)(C)C(C)C)cccc3c3ccc(F)cc3n12. The smallest absolute Gasteiger partial charge is 0.146 e. The van der Waals surface area contributed by atoms with Gasteiger partial charge in [0.05, 0.1) is 16.9 Å². The molecule has 0 saturated heterocycles. The summed E-state index contributed by atoms with van der Waals surface area (Å²) in [6.45, 7) is 15.5. The lowest BCUT2D eigenvalue weighted by Gasteiger charge is -2.31. The summed E-state index contributed by atoms with van der Waals surface area (Å²) in [5.74, 6) is 0.210. The van der Waals surface area contributed by atoms with Crippen LogP contribution in [0, 0.1) is 32.5 Å². The first-order valence-electron chi connectivity index (χ1n) is 11.7. The fourth-order valence-electron chi connectivity index (χ4n) is 5.20. The van der Waals surface area contributed by atoms with Gasteiger partial charge in [0.15, 0.2) is 0 Å². The molecule has 3 aromatic carbocycles. The highest BCUT2D eigenvalue weighted by atomic mass is 19.1. The van der Waals surface area contributed by atoms with Gasteiger partial charge in [-0.2, -0.15) is 0 Å². The maximum Gasteiger partial charge on any atom is 0.146 e. The quantitative estimate of drug-likeness (QED) is 0.259. The van der Waals surface area contributed by atoms with E-state index in [0.29, 0.717) is 5.92 Å². The van der Waals surface area contributed by atoms with Crippen molar-refractivity contribution in [2.45, 2.75) is 53.9 Å². The Morgan fingerprint density at radius 1 is 0.879 bits per heavy atom. The molecule has 0 fully saturated rings. The van der Waals surface area contributed by atoms with E-state index in [-0.39, 0.29) is 11.2 Å². The monoisotopic (exact) mass is 438 g/mol. The summed E-state index contributed by atoms with van der Waals surface area (Å²) in [5, 5.41) is 3.34. The lowest BCUT2D eigenvalue weighted by molar-refractivity contribution is 0.375. The summed E-state index contributed by atoms with van der Waals surface area (Å²) in [6, 6.07) is 18.0. The molecule has 2 aromatic heterocycles. The maximum absolute atomic E-state index is 14.6. The van der Waals surface area contributed by atoms with Crippen molar-refractivity contribution in [2.75, 3.05) is 0 Å². The predicted octanol–water partition coefficient (Wildman–Crippen LogP) is 8.31. The van der Waals surface area contributed by atoms with Gasteiger partial charge in [-0.15, -0.1) is 0 Å². The van der Waals surface area contributed by atoms with E-state index >= 15 is 0 Å². The van der Waals surface area contributed by atoms with E-state index in [2.05, 4.69) is 89.3 Å². The summed E-state index contributed by atoms with van der Waals surface area (Å²) < 4.78 is 16.8. The average Bonchev–Trinajstić information content (AvgIpc) is 3.10. The molecule has 2 heterocycles. The zero-order valence-corrected chi connectivity index (χ0v) is 20.5. The third-order valence-corrected chi connectivity index (χ3v) is 7.69. The Morgan fingerprint density at radius 3 is 2.21 bits per heavy atom. The van der Waals surface area contributed by atoms with Gasteiger partial charge in [-0.1, -0.05) is 64.1 Å². The Labute approximate surface area is 195 Å². The van der Waals surface area contributed by atoms with Crippen LogP contribution in [-0.2, 0) is 5.41 Å². The lowest BCUT2D eigenvalue weighted by Crippen LogP contribution is -2.24. The van der Waals surface area contributed by atoms with E-state index in [4.69, 9.17) is 4.98 Å². The molecule has 0 unspecified atom stereocenters. The highest BCUT2D eigenvalue weighted by molar-refractivity contribution is 6.14. The molecule has 0 bridgehead atoms. The van der Waals surface area contributed by atoms with Crippen LogP contribution >= 0.6 is 0 Å². The number of rotatable bonds is 3. The molecule has 0 spiro atoms. The minimum absolute atomic E-state index is 0.0493. The number of nitrogens with zero attached hydrogens (tertiary/aromatic N) is 2. The van der Waals surface area contributed by atoms with E-state index in [0.717, 1.165) is 38.7 Å². The van der Waals surface area contributed by atoms with Gasteiger partial charge in [-0.3, -0.25) is 4.40 Å². The second-order valence-corrected chi connectivity index (χ2v) is 10.2. The number of fused-ring (bicyclic) bond motifs is 6. The summed E-state index contributed by atoms with van der Waals surface area (Å²) in [5.41, 5.74) is 8.57. The largest absolute Gasteiger partial charge is 0.291 e. The van der Waals surface area contributed by atoms with Crippen LogP contribution in [0.5, 0.6) is 0 Å². The minimum Gasteiger partial charge on any atom is -0.291 e. The minimum atomic E-state index is -0.236. The van der Waals surface area contributed by atoms with Crippen LogP contribution in [0.2, 0.25) is 0 Å². The van der Waals surface area contributed by atoms with Gasteiger partial charge < -0.3 is 0 Å². The molecular formula is C30H31FN2. The molecule has 5 rings (SSSR count). The van der Waals surface area contributed by atoms with Gasteiger partial charge in [0.2, 0.25) is 0 Å². The van der Waals surface area contributed by atoms with Crippen molar-refractivity contribution >= 4 is 27.3 Å². The highest BCUT2D eigenvalue weighted by Gasteiger charge is 2.29. The fourth-order valence-corrected chi connectivity index (χ4v) is 5.20. The number of imidazole rings is 1.